The van der Waals surface area contributed by atoms with Crippen molar-refractivity contribution in [3.05, 3.63) is 40.1 Å². The van der Waals surface area contributed by atoms with Crippen molar-refractivity contribution in [3.8, 4) is 5.75 Å². The molecule has 2 aromatic heterocycles. The van der Waals surface area contributed by atoms with Crippen LogP contribution in [0.4, 0.5) is 11.8 Å². The van der Waals surface area contributed by atoms with Gasteiger partial charge in [-0.25, -0.2) is 4.98 Å². The van der Waals surface area contributed by atoms with Gasteiger partial charge in [0.2, 0.25) is 5.95 Å². The molecule has 0 radical (unpaired) electrons. The van der Waals surface area contributed by atoms with Gasteiger partial charge < -0.3 is 21.1 Å². The number of aromatic hydroxyl groups is 1. The Hall–Kier alpha value is -2.28. The normalized spacial score (nSPS) is 11.2. The predicted octanol–water partition coefficient (Wildman–Crippen LogP) is 2.67. The number of phenols is 1. The minimum Gasteiger partial charge on any atom is -0.507 e. The molecule has 0 amide bonds. The molecule has 0 atom stereocenters. The Labute approximate surface area is 135 Å². The number of nitrogen functional groups attached to an aromatic ring is 2. The van der Waals surface area contributed by atoms with Gasteiger partial charge in [0.05, 0.1) is 10.9 Å². The van der Waals surface area contributed by atoms with E-state index in [1.807, 2.05) is 12.3 Å². The summed E-state index contributed by atoms with van der Waals surface area (Å²) in [6.45, 7) is 2.87. The lowest BCUT2D eigenvalue weighted by Gasteiger charge is -2.08. The topological polar surface area (TPSA) is 103 Å². The molecule has 0 saturated carbocycles. The maximum Gasteiger partial charge on any atom is 0.221 e. The third kappa shape index (κ3) is 2.48. The number of hydrogen-bond acceptors (Lipinski definition) is 5. The van der Waals surface area contributed by atoms with E-state index in [1.165, 1.54) is 0 Å². The first-order valence-electron chi connectivity index (χ1n) is 6.86. The van der Waals surface area contributed by atoms with Crippen LogP contribution in [-0.4, -0.2) is 19.6 Å². The summed E-state index contributed by atoms with van der Waals surface area (Å²) in [4.78, 5) is 7.93. The molecular formula is C15H16BrN5O. The van der Waals surface area contributed by atoms with E-state index in [2.05, 4.69) is 37.4 Å². The molecule has 114 valence electrons. The molecule has 3 aromatic rings. The van der Waals surface area contributed by atoms with Gasteiger partial charge in [-0.1, -0.05) is 0 Å². The Bertz CT molecular complexity index is 859. The van der Waals surface area contributed by atoms with Crippen LogP contribution in [0.5, 0.6) is 5.75 Å². The van der Waals surface area contributed by atoms with Gasteiger partial charge in [0.1, 0.15) is 11.6 Å². The molecule has 3 rings (SSSR count). The highest BCUT2D eigenvalue weighted by atomic mass is 79.9. The lowest BCUT2D eigenvalue weighted by atomic mass is 10.0. The molecule has 0 aliphatic heterocycles. The Balaban J connectivity index is 2.08. The molecule has 0 unspecified atom stereocenters. The van der Waals surface area contributed by atoms with Crippen molar-refractivity contribution in [1.82, 2.24) is 14.5 Å². The molecule has 0 fully saturated rings. The summed E-state index contributed by atoms with van der Waals surface area (Å²) in [5.74, 6) is 0.754. The van der Waals surface area contributed by atoms with Gasteiger partial charge >= 0.3 is 0 Å². The summed E-state index contributed by atoms with van der Waals surface area (Å²) < 4.78 is 2.95. The van der Waals surface area contributed by atoms with Gasteiger partial charge in [-0.3, -0.25) is 0 Å². The van der Waals surface area contributed by atoms with Crippen molar-refractivity contribution >= 4 is 38.6 Å². The van der Waals surface area contributed by atoms with Gasteiger partial charge in [0.25, 0.3) is 0 Å². The quantitative estimate of drug-likeness (QED) is 0.665. The number of nitrogens with zero attached hydrogens (tertiary/aromatic N) is 3. The van der Waals surface area contributed by atoms with Crippen LogP contribution in [0.25, 0.3) is 10.9 Å². The molecule has 22 heavy (non-hydrogen) atoms. The second kappa shape index (κ2) is 5.49. The van der Waals surface area contributed by atoms with Gasteiger partial charge in [-0.05, 0) is 40.5 Å². The van der Waals surface area contributed by atoms with E-state index in [0.29, 0.717) is 12.2 Å². The van der Waals surface area contributed by atoms with Crippen LogP contribution >= 0.6 is 15.9 Å². The van der Waals surface area contributed by atoms with Crippen molar-refractivity contribution < 1.29 is 5.11 Å². The highest BCUT2D eigenvalue weighted by molar-refractivity contribution is 9.10. The first-order valence-corrected chi connectivity index (χ1v) is 7.66. The van der Waals surface area contributed by atoms with E-state index in [1.54, 1.807) is 12.3 Å². The standard InChI is InChI=1S/C15H16BrN5O/c1-2-21-7-10(16)13-11(21)4-8(5-12(13)22)3-9-6-19-15(18)20-14(9)17/h4-7,22H,2-3H2,1H3,(H4,17,18,19,20). The molecule has 6 nitrogen and oxygen atoms in total. The van der Waals surface area contributed by atoms with Crippen molar-refractivity contribution in [2.75, 3.05) is 11.5 Å². The molecule has 7 heteroatoms. The smallest absolute Gasteiger partial charge is 0.221 e. The molecule has 0 saturated heterocycles. The van der Waals surface area contributed by atoms with Crippen LogP contribution < -0.4 is 11.5 Å². The Morgan fingerprint density at radius 3 is 2.77 bits per heavy atom. The van der Waals surface area contributed by atoms with E-state index in [4.69, 9.17) is 11.5 Å². The summed E-state index contributed by atoms with van der Waals surface area (Å²) in [5, 5.41) is 11.1. The Morgan fingerprint density at radius 2 is 2.09 bits per heavy atom. The van der Waals surface area contributed by atoms with Gasteiger partial charge in [0, 0.05) is 35.4 Å². The van der Waals surface area contributed by atoms with Crippen LogP contribution in [0.15, 0.2) is 29.0 Å². The first kappa shape index (κ1) is 14.6. The maximum atomic E-state index is 10.3. The minimum absolute atomic E-state index is 0.156. The number of aromatic nitrogens is 3. The third-order valence-corrected chi connectivity index (χ3v) is 4.23. The Morgan fingerprint density at radius 1 is 1.32 bits per heavy atom. The van der Waals surface area contributed by atoms with Crippen LogP contribution in [0.2, 0.25) is 0 Å². The molecule has 0 aliphatic rings. The molecule has 0 aliphatic carbocycles. The van der Waals surface area contributed by atoms with Crippen LogP contribution in [0.3, 0.4) is 0 Å². The van der Waals surface area contributed by atoms with Gasteiger partial charge in [-0.2, -0.15) is 4.98 Å². The van der Waals surface area contributed by atoms with E-state index in [0.717, 1.165) is 33.0 Å². The number of rotatable bonds is 3. The second-order valence-corrected chi connectivity index (χ2v) is 5.94. The lowest BCUT2D eigenvalue weighted by Crippen LogP contribution is -2.04. The second-order valence-electron chi connectivity index (χ2n) is 5.09. The molecule has 2 heterocycles. The molecule has 0 spiro atoms. The van der Waals surface area contributed by atoms with Crippen LogP contribution in [-0.2, 0) is 13.0 Å². The number of nitrogens with two attached hydrogens (primary N) is 2. The van der Waals surface area contributed by atoms with Crippen molar-refractivity contribution in [1.29, 1.82) is 0 Å². The summed E-state index contributed by atoms with van der Waals surface area (Å²) >= 11 is 3.49. The zero-order chi connectivity index (χ0) is 15.9. The summed E-state index contributed by atoms with van der Waals surface area (Å²) in [6.07, 6.45) is 4.12. The summed E-state index contributed by atoms with van der Waals surface area (Å²) in [5.41, 5.74) is 14.1. The number of anilines is 2. The number of aryl methyl sites for hydroxylation is 1. The largest absolute Gasteiger partial charge is 0.507 e. The minimum atomic E-state index is 0.156. The molecule has 1 aromatic carbocycles. The number of fused-ring (bicyclic) bond motifs is 1. The first-order chi connectivity index (χ1) is 10.5. The van der Waals surface area contributed by atoms with Crippen molar-refractivity contribution in [2.24, 2.45) is 0 Å². The monoisotopic (exact) mass is 361 g/mol. The maximum absolute atomic E-state index is 10.3. The van der Waals surface area contributed by atoms with Gasteiger partial charge in [-0.15, -0.1) is 0 Å². The van der Waals surface area contributed by atoms with E-state index < -0.39 is 0 Å². The van der Waals surface area contributed by atoms with Crippen molar-refractivity contribution in [2.45, 2.75) is 19.9 Å². The van der Waals surface area contributed by atoms with Crippen LogP contribution in [0, 0.1) is 0 Å². The number of hydrogen-bond donors (Lipinski definition) is 3. The SMILES string of the molecule is CCn1cc(Br)c2c(O)cc(Cc3cnc(N)nc3N)cc21. The average molecular weight is 362 g/mol. The third-order valence-electron chi connectivity index (χ3n) is 3.63. The fraction of sp³-hybridized carbons (Fsp3) is 0.200. The number of phenolic OH excluding ortho intramolecular Hbond substituents is 1. The van der Waals surface area contributed by atoms with Crippen molar-refractivity contribution in [3.63, 3.8) is 0 Å². The predicted molar refractivity (Wildman–Crippen MR) is 90.6 cm³/mol. The van der Waals surface area contributed by atoms with E-state index in [-0.39, 0.29) is 11.7 Å². The fourth-order valence-electron chi connectivity index (χ4n) is 2.56. The fourth-order valence-corrected chi connectivity index (χ4v) is 3.22. The molecule has 0 bridgehead atoms. The van der Waals surface area contributed by atoms with E-state index in [9.17, 15) is 5.11 Å². The summed E-state index contributed by atoms with van der Waals surface area (Å²) in [6, 6.07) is 3.78. The van der Waals surface area contributed by atoms with Crippen LogP contribution in [0.1, 0.15) is 18.1 Å². The molecule has 5 N–H and O–H groups in total. The molecular weight excluding hydrogens is 346 g/mol. The zero-order valence-electron chi connectivity index (χ0n) is 12.0. The number of halogens is 1. The lowest BCUT2D eigenvalue weighted by molar-refractivity contribution is 0.481. The van der Waals surface area contributed by atoms with Gasteiger partial charge in [0.15, 0.2) is 0 Å². The highest BCUT2D eigenvalue weighted by Crippen LogP contribution is 2.35. The zero-order valence-corrected chi connectivity index (χ0v) is 13.6. The van der Waals surface area contributed by atoms with E-state index >= 15 is 0 Å². The number of benzene rings is 1. The average Bonchev–Trinajstić information content (AvgIpc) is 2.79. The summed E-state index contributed by atoms with van der Waals surface area (Å²) in [7, 11) is 0. The Kier molecular flexibility index (Phi) is 3.66. The highest BCUT2D eigenvalue weighted by Gasteiger charge is 2.13.